The Kier molecular flexibility index (Phi) is 9.24. The normalized spacial score (nSPS) is 23.7. The van der Waals surface area contributed by atoms with E-state index >= 15 is 0 Å². The van der Waals surface area contributed by atoms with Crippen LogP contribution in [0, 0.1) is 11.8 Å². The highest BCUT2D eigenvalue weighted by Crippen LogP contribution is 2.39. The first-order chi connectivity index (χ1) is 8.97. The van der Waals surface area contributed by atoms with Crippen LogP contribution in [0.15, 0.2) is 17.6 Å². The minimum atomic E-state index is -4.05. The van der Waals surface area contributed by atoms with Crippen molar-refractivity contribution >= 4 is 29.9 Å². The molecule has 1 aliphatic carbocycles. The molecule has 0 aromatic rings. The standard InChI is InChI=1S/C13H22F3N3.HI/c1-3-7-18-12(17-2)19-9-10-5-4-6-11(8-10)13(14,15)16;/h3,10-11H,1,4-9H2,2H3,(H2,17,18,19);1H. The zero-order valence-corrected chi connectivity index (χ0v) is 14.0. The second-order valence-electron chi connectivity index (χ2n) is 4.89. The maximum Gasteiger partial charge on any atom is 0.391 e. The molecular weight excluding hydrogens is 382 g/mol. The molecule has 2 unspecified atom stereocenters. The third-order valence-corrected chi connectivity index (χ3v) is 3.44. The predicted octanol–water partition coefficient (Wildman–Crippen LogP) is 3.32. The number of rotatable bonds is 4. The van der Waals surface area contributed by atoms with Crippen molar-refractivity contribution in [2.75, 3.05) is 20.1 Å². The summed E-state index contributed by atoms with van der Waals surface area (Å²) in [6, 6.07) is 0. The van der Waals surface area contributed by atoms with Gasteiger partial charge in [-0.25, -0.2) is 0 Å². The Hall–Kier alpha value is -0.470. The maximum absolute atomic E-state index is 12.7. The van der Waals surface area contributed by atoms with E-state index in [4.69, 9.17) is 0 Å². The van der Waals surface area contributed by atoms with Gasteiger partial charge in [-0.05, 0) is 25.2 Å². The molecule has 0 amide bonds. The van der Waals surface area contributed by atoms with E-state index in [1.807, 2.05) is 0 Å². The molecule has 2 atom stereocenters. The Morgan fingerprint density at radius 2 is 2.05 bits per heavy atom. The SMILES string of the molecule is C=CCNC(=NC)NCC1CCCC(C(F)(F)F)C1.I. The van der Waals surface area contributed by atoms with Crippen LogP contribution in [-0.4, -0.2) is 32.3 Å². The molecule has 0 spiro atoms. The first-order valence-corrected chi connectivity index (χ1v) is 6.59. The van der Waals surface area contributed by atoms with Crippen LogP contribution >= 0.6 is 24.0 Å². The van der Waals surface area contributed by atoms with Crippen LogP contribution in [0.3, 0.4) is 0 Å². The summed E-state index contributed by atoms with van der Waals surface area (Å²) in [6.07, 6.45) is -0.375. The van der Waals surface area contributed by atoms with E-state index in [0.717, 1.165) is 6.42 Å². The van der Waals surface area contributed by atoms with E-state index in [1.165, 1.54) is 0 Å². The summed E-state index contributed by atoms with van der Waals surface area (Å²) >= 11 is 0. The lowest BCUT2D eigenvalue weighted by Gasteiger charge is -2.30. The Balaban J connectivity index is 0.00000361. The van der Waals surface area contributed by atoms with Gasteiger partial charge in [0.2, 0.25) is 0 Å². The fourth-order valence-electron chi connectivity index (χ4n) is 2.40. The molecule has 118 valence electrons. The van der Waals surface area contributed by atoms with Crippen LogP contribution < -0.4 is 10.6 Å². The molecule has 0 saturated heterocycles. The van der Waals surface area contributed by atoms with Gasteiger partial charge in [-0.1, -0.05) is 12.5 Å². The molecule has 20 heavy (non-hydrogen) atoms. The molecule has 0 heterocycles. The van der Waals surface area contributed by atoms with Crippen molar-refractivity contribution in [3.63, 3.8) is 0 Å². The average Bonchev–Trinajstić information content (AvgIpc) is 2.38. The van der Waals surface area contributed by atoms with Gasteiger partial charge in [-0.3, -0.25) is 4.99 Å². The highest BCUT2D eigenvalue weighted by Gasteiger charge is 2.41. The van der Waals surface area contributed by atoms with Crippen molar-refractivity contribution in [2.24, 2.45) is 16.8 Å². The van der Waals surface area contributed by atoms with Gasteiger partial charge in [0.25, 0.3) is 0 Å². The maximum atomic E-state index is 12.7. The summed E-state index contributed by atoms with van der Waals surface area (Å²) in [5, 5.41) is 6.07. The molecule has 3 nitrogen and oxygen atoms in total. The number of nitrogens with one attached hydrogen (secondary N) is 2. The summed E-state index contributed by atoms with van der Waals surface area (Å²) in [7, 11) is 1.64. The molecule has 0 aliphatic heterocycles. The van der Waals surface area contributed by atoms with Gasteiger partial charge in [0.1, 0.15) is 0 Å². The van der Waals surface area contributed by atoms with Crippen LogP contribution in [-0.2, 0) is 0 Å². The van der Waals surface area contributed by atoms with Crippen LogP contribution in [0.2, 0.25) is 0 Å². The Bertz CT molecular complexity index is 318. The van der Waals surface area contributed by atoms with Crippen molar-refractivity contribution in [1.29, 1.82) is 0 Å². The van der Waals surface area contributed by atoms with Gasteiger partial charge < -0.3 is 10.6 Å². The molecular formula is C13H23F3IN3. The summed E-state index contributed by atoms with van der Waals surface area (Å²) in [5.41, 5.74) is 0. The van der Waals surface area contributed by atoms with Crippen molar-refractivity contribution in [3.05, 3.63) is 12.7 Å². The lowest BCUT2D eigenvalue weighted by atomic mass is 9.81. The quantitative estimate of drug-likeness (QED) is 0.326. The van der Waals surface area contributed by atoms with Gasteiger partial charge in [0.05, 0.1) is 5.92 Å². The molecule has 1 saturated carbocycles. The molecule has 0 bridgehead atoms. The third kappa shape index (κ3) is 6.81. The lowest BCUT2D eigenvalue weighted by molar-refractivity contribution is -0.185. The highest BCUT2D eigenvalue weighted by atomic mass is 127. The minimum Gasteiger partial charge on any atom is -0.356 e. The van der Waals surface area contributed by atoms with E-state index in [0.29, 0.717) is 25.5 Å². The lowest BCUT2D eigenvalue weighted by Crippen LogP contribution is -2.41. The highest BCUT2D eigenvalue weighted by molar-refractivity contribution is 14.0. The number of aliphatic imine (C=N–C) groups is 1. The fourth-order valence-corrected chi connectivity index (χ4v) is 2.40. The van der Waals surface area contributed by atoms with Gasteiger partial charge in [0.15, 0.2) is 5.96 Å². The van der Waals surface area contributed by atoms with E-state index in [2.05, 4.69) is 22.2 Å². The third-order valence-electron chi connectivity index (χ3n) is 3.44. The second kappa shape index (κ2) is 9.46. The number of hydrogen-bond acceptors (Lipinski definition) is 1. The Morgan fingerprint density at radius 3 is 2.60 bits per heavy atom. The van der Waals surface area contributed by atoms with Crippen LogP contribution in [0.4, 0.5) is 13.2 Å². The second-order valence-corrected chi connectivity index (χ2v) is 4.89. The molecule has 0 aromatic heterocycles. The number of nitrogens with zero attached hydrogens (tertiary/aromatic N) is 1. The largest absolute Gasteiger partial charge is 0.391 e. The molecule has 1 aliphatic rings. The summed E-state index contributed by atoms with van der Waals surface area (Å²) < 4.78 is 38.0. The van der Waals surface area contributed by atoms with Crippen molar-refractivity contribution in [3.8, 4) is 0 Å². The van der Waals surface area contributed by atoms with E-state index in [-0.39, 0.29) is 42.7 Å². The number of hydrogen-bond donors (Lipinski definition) is 2. The van der Waals surface area contributed by atoms with Crippen LogP contribution in [0.1, 0.15) is 25.7 Å². The first-order valence-electron chi connectivity index (χ1n) is 6.59. The number of halogens is 4. The van der Waals surface area contributed by atoms with Crippen LogP contribution in [0.25, 0.3) is 0 Å². The molecule has 1 fully saturated rings. The smallest absolute Gasteiger partial charge is 0.356 e. The number of guanidine groups is 1. The molecule has 7 heteroatoms. The Labute approximate surface area is 135 Å². The van der Waals surface area contributed by atoms with Gasteiger partial charge in [0, 0.05) is 20.1 Å². The van der Waals surface area contributed by atoms with E-state index in [1.54, 1.807) is 13.1 Å². The topological polar surface area (TPSA) is 36.4 Å². The zero-order valence-electron chi connectivity index (χ0n) is 11.7. The van der Waals surface area contributed by atoms with Crippen LogP contribution in [0.5, 0.6) is 0 Å². The van der Waals surface area contributed by atoms with Crippen molar-refractivity contribution in [2.45, 2.75) is 31.9 Å². The summed E-state index contributed by atoms with van der Waals surface area (Å²) in [6.45, 7) is 4.69. The van der Waals surface area contributed by atoms with E-state index < -0.39 is 12.1 Å². The van der Waals surface area contributed by atoms with Gasteiger partial charge >= 0.3 is 6.18 Å². The van der Waals surface area contributed by atoms with Crippen molar-refractivity contribution < 1.29 is 13.2 Å². The molecule has 0 radical (unpaired) electrons. The summed E-state index contributed by atoms with van der Waals surface area (Å²) in [4.78, 5) is 4.00. The number of alkyl halides is 3. The van der Waals surface area contributed by atoms with E-state index in [9.17, 15) is 13.2 Å². The van der Waals surface area contributed by atoms with Crippen molar-refractivity contribution in [1.82, 2.24) is 10.6 Å². The fraction of sp³-hybridized carbons (Fsp3) is 0.769. The summed E-state index contributed by atoms with van der Waals surface area (Å²) in [5.74, 6) is -0.479. The molecule has 2 N–H and O–H groups in total. The van der Waals surface area contributed by atoms with Gasteiger partial charge in [-0.15, -0.1) is 30.6 Å². The monoisotopic (exact) mass is 405 g/mol. The Morgan fingerprint density at radius 1 is 1.35 bits per heavy atom. The predicted molar refractivity (Wildman–Crippen MR) is 86.5 cm³/mol. The van der Waals surface area contributed by atoms with Gasteiger partial charge in [-0.2, -0.15) is 13.2 Å². The average molecular weight is 405 g/mol. The molecule has 0 aromatic carbocycles. The zero-order chi connectivity index (χ0) is 14.3. The molecule has 1 rings (SSSR count). The minimum absolute atomic E-state index is 0. The first kappa shape index (κ1) is 19.5.